The van der Waals surface area contributed by atoms with Crippen LogP contribution in [0.1, 0.15) is 5.56 Å². The molecule has 0 aromatic heterocycles. The van der Waals surface area contributed by atoms with Gasteiger partial charge in [0.2, 0.25) is 5.91 Å². The van der Waals surface area contributed by atoms with Crippen LogP contribution in [0.4, 0.5) is 20.2 Å². The standard InChI is InChI=1S/C24H17F2N3O2S/c25-17-9-11-20(12-10-17)29-23(31)21(13-16-5-2-1-3-6-16)28-24(29)32-15-22(30)27-19-8-4-7-18(26)14-19/h1-14H,15H2,(H,27,30)/b21-13+. The van der Waals surface area contributed by atoms with E-state index in [2.05, 4.69) is 10.3 Å². The van der Waals surface area contributed by atoms with Gasteiger partial charge in [0.1, 0.15) is 17.3 Å². The topological polar surface area (TPSA) is 61.8 Å². The van der Waals surface area contributed by atoms with Crippen molar-refractivity contribution in [2.45, 2.75) is 0 Å². The summed E-state index contributed by atoms with van der Waals surface area (Å²) in [6.45, 7) is 0. The zero-order chi connectivity index (χ0) is 22.5. The molecular weight excluding hydrogens is 432 g/mol. The number of nitrogens with zero attached hydrogens (tertiary/aromatic N) is 2. The Labute approximate surface area is 187 Å². The van der Waals surface area contributed by atoms with Crippen LogP contribution >= 0.6 is 11.8 Å². The molecule has 0 saturated carbocycles. The molecule has 0 atom stereocenters. The molecule has 1 N–H and O–H groups in total. The van der Waals surface area contributed by atoms with Crippen molar-refractivity contribution >= 4 is 46.2 Å². The molecule has 1 heterocycles. The van der Waals surface area contributed by atoms with E-state index in [1.54, 1.807) is 12.1 Å². The lowest BCUT2D eigenvalue weighted by atomic mass is 10.2. The monoisotopic (exact) mass is 449 g/mol. The minimum absolute atomic E-state index is 0.0566. The van der Waals surface area contributed by atoms with Crippen molar-refractivity contribution < 1.29 is 18.4 Å². The third kappa shape index (κ3) is 5.09. The highest BCUT2D eigenvalue weighted by atomic mass is 32.2. The first-order valence-electron chi connectivity index (χ1n) is 9.63. The van der Waals surface area contributed by atoms with Crippen LogP contribution in [0, 0.1) is 11.6 Å². The van der Waals surface area contributed by atoms with Crippen molar-refractivity contribution in [2.24, 2.45) is 4.99 Å². The molecule has 1 aliphatic heterocycles. The molecular formula is C24H17F2N3O2S. The van der Waals surface area contributed by atoms with Gasteiger partial charge in [-0.1, -0.05) is 48.2 Å². The Morgan fingerprint density at radius 1 is 0.969 bits per heavy atom. The van der Waals surface area contributed by atoms with Crippen LogP contribution in [0.2, 0.25) is 0 Å². The zero-order valence-electron chi connectivity index (χ0n) is 16.7. The number of nitrogens with one attached hydrogen (secondary N) is 1. The minimum Gasteiger partial charge on any atom is -0.325 e. The summed E-state index contributed by atoms with van der Waals surface area (Å²) in [5.74, 6) is -1.71. The Morgan fingerprint density at radius 2 is 1.72 bits per heavy atom. The van der Waals surface area contributed by atoms with Crippen LogP contribution in [-0.2, 0) is 9.59 Å². The van der Waals surface area contributed by atoms with Gasteiger partial charge in [0.15, 0.2) is 5.17 Å². The number of carbonyl (C=O) groups is 2. The number of benzene rings is 3. The average Bonchev–Trinajstić information content (AvgIpc) is 3.09. The largest absolute Gasteiger partial charge is 0.325 e. The second-order valence-corrected chi connectivity index (χ2v) is 7.74. The Bertz CT molecular complexity index is 1210. The molecule has 0 spiro atoms. The second-order valence-electron chi connectivity index (χ2n) is 6.80. The number of halogens is 2. The number of aliphatic imine (C=N–C) groups is 1. The SMILES string of the molecule is O=C(CSC1=N/C(=C/c2ccccc2)C(=O)N1c1ccc(F)cc1)Nc1cccc(F)c1. The molecule has 0 fully saturated rings. The second kappa shape index (κ2) is 9.57. The summed E-state index contributed by atoms with van der Waals surface area (Å²) in [6, 6.07) is 20.3. The predicted molar refractivity (Wildman–Crippen MR) is 123 cm³/mol. The molecule has 2 amide bonds. The van der Waals surface area contributed by atoms with Gasteiger partial charge in [0, 0.05) is 5.69 Å². The Morgan fingerprint density at radius 3 is 2.44 bits per heavy atom. The van der Waals surface area contributed by atoms with Crippen molar-refractivity contribution in [2.75, 3.05) is 16.0 Å². The minimum atomic E-state index is -0.459. The van der Waals surface area contributed by atoms with E-state index >= 15 is 0 Å². The lowest BCUT2D eigenvalue weighted by Crippen LogP contribution is -2.31. The summed E-state index contributed by atoms with van der Waals surface area (Å²) >= 11 is 1.06. The van der Waals surface area contributed by atoms with E-state index in [1.807, 2.05) is 30.3 Å². The average molecular weight is 449 g/mol. The van der Waals surface area contributed by atoms with Gasteiger partial charge >= 0.3 is 0 Å². The fourth-order valence-electron chi connectivity index (χ4n) is 3.01. The Balaban J connectivity index is 1.56. The molecule has 0 bridgehead atoms. The Kier molecular flexibility index (Phi) is 6.42. The van der Waals surface area contributed by atoms with E-state index in [0.29, 0.717) is 11.4 Å². The van der Waals surface area contributed by atoms with Crippen LogP contribution in [0.25, 0.3) is 6.08 Å². The number of rotatable bonds is 5. The van der Waals surface area contributed by atoms with Gasteiger partial charge in [-0.3, -0.25) is 14.5 Å². The number of hydrogen-bond acceptors (Lipinski definition) is 4. The van der Waals surface area contributed by atoms with Crippen LogP contribution in [0.3, 0.4) is 0 Å². The van der Waals surface area contributed by atoms with Crippen molar-refractivity contribution in [1.29, 1.82) is 0 Å². The molecule has 1 aliphatic rings. The highest BCUT2D eigenvalue weighted by molar-refractivity contribution is 8.14. The van der Waals surface area contributed by atoms with Crippen molar-refractivity contribution in [3.8, 4) is 0 Å². The number of thioether (sulfide) groups is 1. The summed E-state index contributed by atoms with van der Waals surface area (Å²) < 4.78 is 26.7. The predicted octanol–water partition coefficient (Wildman–Crippen LogP) is 5.08. The quantitative estimate of drug-likeness (QED) is 0.553. The van der Waals surface area contributed by atoms with Gasteiger partial charge in [-0.15, -0.1) is 0 Å². The maximum Gasteiger partial charge on any atom is 0.283 e. The first kappa shape index (κ1) is 21.5. The molecule has 32 heavy (non-hydrogen) atoms. The van der Waals surface area contributed by atoms with Crippen LogP contribution in [0.15, 0.2) is 89.6 Å². The van der Waals surface area contributed by atoms with Crippen molar-refractivity contribution in [3.63, 3.8) is 0 Å². The summed E-state index contributed by atoms with van der Waals surface area (Å²) in [4.78, 5) is 31.2. The summed E-state index contributed by atoms with van der Waals surface area (Å²) in [5.41, 5.74) is 1.77. The number of carbonyl (C=O) groups excluding carboxylic acids is 2. The van der Waals surface area contributed by atoms with Crippen LogP contribution in [0.5, 0.6) is 0 Å². The molecule has 0 unspecified atom stereocenters. The molecule has 160 valence electrons. The number of hydrogen-bond donors (Lipinski definition) is 1. The lowest BCUT2D eigenvalue weighted by molar-refractivity contribution is -0.114. The van der Waals surface area contributed by atoms with Gasteiger partial charge in [-0.05, 0) is 54.1 Å². The van der Waals surface area contributed by atoms with Gasteiger partial charge in [-0.2, -0.15) is 0 Å². The fourth-order valence-corrected chi connectivity index (χ4v) is 3.82. The fraction of sp³-hybridized carbons (Fsp3) is 0.0417. The van der Waals surface area contributed by atoms with E-state index < -0.39 is 11.6 Å². The van der Waals surface area contributed by atoms with E-state index in [0.717, 1.165) is 17.3 Å². The molecule has 0 radical (unpaired) electrons. The Hall–Kier alpha value is -3.78. The van der Waals surface area contributed by atoms with E-state index in [-0.39, 0.29) is 28.4 Å². The highest BCUT2D eigenvalue weighted by Crippen LogP contribution is 2.29. The zero-order valence-corrected chi connectivity index (χ0v) is 17.5. The summed E-state index contributed by atoms with van der Waals surface area (Å²) in [5, 5.41) is 2.90. The highest BCUT2D eigenvalue weighted by Gasteiger charge is 2.32. The summed E-state index contributed by atoms with van der Waals surface area (Å²) in [7, 11) is 0. The van der Waals surface area contributed by atoms with Gasteiger partial charge in [0.25, 0.3) is 5.91 Å². The smallest absolute Gasteiger partial charge is 0.283 e. The lowest BCUT2D eigenvalue weighted by Gasteiger charge is -2.17. The molecule has 3 aromatic carbocycles. The number of anilines is 2. The van der Waals surface area contributed by atoms with Gasteiger partial charge in [0.05, 0.1) is 11.4 Å². The first-order chi connectivity index (χ1) is 15.5. The van der Waals surface area contributed by atoms with Crippen molar-refractivity contribution in [1.82, 2.24) is 0 Å². The molecule has 4 rings (SSSR count). The van der Waals surface area contributed by atoms with Crippen LogP contribution in [-0.4, -0.2) is 22.7 Å². The van der Waals surface area contributed by atoms with E-state index in [9.17, 15) is 18.4 Å². The first-order valence-corrected chi connectivity index (χ1v) is 10.6. The third-order valence-electron chi connectivity index (χ3n) is 4.46. The van der Waals surface area contributed by atoms with Crippen LogP contribution < -0.4 is 10.2 Å². The molecule has 0 saturated heterocycles. The number of amidine groups is 1. The molecule has 8 heteroatoms. The molecule has 3 aromatic rings. The molecule has 0 aliphatic carbocycles. The maximum atomic E-state index is 13.4. The normalized spacial score (nSPS) is 14.6. The van der Waals surface area contributed by atoms with E-state index in [1.165, 1.54) is 47.4 Å². The maximum absolute atomic E-state index is 13.4. The molecule has 5 nitrogen and oxygen atoms in total. The van der Waals surface area contributed by atoms with E-state index in [4.69, 9.17) is 0 Å². The third-order valence-corrected chi connectivity index (χ3v) is 5.40. The van der Waals surface area contributed by atoms with Gasteiger partial charge < -0.3 is 5.32 Å². The van der Waals surface area contributed by atoms with Crippen molar-refractivity contribution in [3.05, 3.63) is 102 Å². The number of amides is 2. The van der Waals surface area contributed by atoms with Gasteiger partial charge in [-0.25, -0.2) is 13.8 Å². The summed E-state index contributed by atoms with van der Waals surface area (Å²) in [6.07, 6.45) is 1.65.